The van der Waals surface area contributed by atoms with Crippen LogP contribution in [0.1, 0.15) is 26.1 Å². The Kier molecular flexibility index (Phi) is 4.75. The number of aryl methyl sites for hydroxylation is 1. The van der Waals surface area contributed by atoms with E-state index in [4.69, 9.17) is 5.73 Å². The molecule has 0 saturated carbocycles. The van der Waals surface area contributed by atoms with Crippen LogP contribution >= 0.6 is 0 Å². The van der Waals surface area contributed by atoms with Gasteiger partial charge in [-0.15, -0.1) is 0 Å². The third-order valence-corrected chi connectivity index (χ3v) is 2.28. The van der Waals surface area contributed by atoms with Crippen molar-refractivity contribution in [2.45, 2.75) is 32.9 Å². The average molecular weight is 262 g/mol. The van der Waals surface area contributed by atoms with Crippen LogP contribution in [-0.2, 0) is 6.42 Å². The highest BCUT2D eigenvalue weighted by Gasteiger charge is 2.31. The Labute approximate surface area is 104 Å². The van der Waals surface area contributed by atoms with Gasteiger partial charge >= 0.3 is 6.18 Å². The van der Waals surface area contributed by atoms with Crippen LogP contribution in [0.4, 0.5) is 24.8 Å². The van der Waals surface area contributed by atoms with E-state index in [1.165, 1.54) is 11.0 Å². The summed E-state index contributed by atoms with van der Waals surface area (Å²) in [6.07, 6.45) is -3.13. The number of anilines is 2. The predicted molar refractivity (Wildman–Crippen MR) is 64.4 cm³/mol. The van der Waals surface area contributed by atoms with Crippen LogP contribution in [0.5, 0.6) is 0 Å². The van der Waals surface area contributed by atoms with Gasteiger partial charge in [-0.25, -0.2) is 9.97 Å². The minimum absolute atomic E-state index is 0.195. The molecule has 0 aliphatic carbocycles. The molecule has 0 radical (unpaired) electrons. The highest BCUT2D eigenvalue weighted by molar-refractivity contribution is 5.47. The maximum atomic E-state index is 12.5. The van der Waals surface area contributed by atoms with Crippen LogP contribution in [0, 0.1) is 0 Å². The number of rotatable bonds is 5. The summed E-state index contributed by atoms with van der Waals surface area (Å²) in [4.78, 5) is 9.22. The van der Waals surface area contributed by atoms with Gasteiger partial charge in [0, 0.05) is 19.0 Å². The first-order valence-corrected chi connectivity index (χ1v) is 5.80. The maximum absolute atomic E-state index is 12.5. The van der Waals surface area contributed by atoms with E-state index in [2.05, 4.69) is 9.97 Å². The van der Waals surface area contributed by atoms with Crippen molar-refractivity contribution in [2.24, 2.45) is 0 Å². The second kappa shape index (κ2) is 5.88. The molecule has 1 rings (SSSR count). The third kappa shape index (κ3) is 4.38. The zero-order valence-electron chi connectivity index (χ0n) is 10.5. The first kappa shape index (κ1) is 14.5. The van der Waals surface area contributed by atoms with Crippen LogP contribution in [0.2, 0.25) is 0 Å². The molecule has 0 atom stereocenters. The van der Waals surface area contributed by atoms with E-state index < -0.39 is 12.7 Å². The van der Waals surface area contributed by atoms with Crippen LogP contribution in [-0.4, -0.2) is 29.2 Å². The predicted octanol–water partition coefficient (Wildman–Crippen LogP) is 2.40. The molecule has 7 heteroatoms. The summed E-state index contributed by atoms with van der Waals surface area (Å²) in [7, 11) is 0. The number of nitrogen functional groups attached to an aromatic ring is 1. The Morgan fingerprint density at radius 3 is 2.44 bits per heavy atom. The largest absolute Gasteiger partial charge is 0.405 e. The first-order valence-electron chi connectivity index (χ1n) is 5.80. The third-order valence-electron chi connectivity index (χ3n) is 2.28. The smallest absolute Gasteiger partial charge is 0.384 e. The van der Waals surface area contributed by atoms with E-state index in [0.29, 0.717) is 18.7 Å². The summed E-state index contributed by atoms with van der Waals surface area (Å²) in [6, 6.07) is 1.38. The molecule has 0 aliphatic heterocycles. The van der Waals surface area contributed by atoms with Crippen molar-refractivity contribution >= 4 is 11.6 Å². The fourth-order valence-electron chi connectivity index (χ4n) is 1.58. The Balaban J connectivity index is 3.01. The van der Waals surface area contributed by atoms with Crippen LogP contribution in [0.3, 0.4) is 0 Å². The molecule has 0 fully saturated rings. The quantitative estimate of drug-likeness (QED) is 0.885. The number of aromatic nitrogens is 2. The Morgan fingerprint density at radius 2 is 1.94 bits per heavy atom. The minimum atomic E-state index is -4.26. The van der Waals surface area contributed by atoms with Gasteiger partial charge < -0.3 is 10.6 Å². The number of nitrogens with zero attached hydrogens (tertiary/aromatic N) is 3. The van der Waals surface area contributed by atoms with Gasteiger partial charge in [0.1, 0.15) is 24.0 Å². The molecule has 0 spiro atoms. The van der Waals surface area contributed by atoms with Gasteiger partial charge in [-0.3, -0.25) is 0 Å². The van der Waals surface area contributed by atoms with Crippen molar-refractivity contribution < 1.29 is 13.2 Å². The fourth-order valence-corrected chi connectivity index (χ4v) is 1.58. The summed E-state index contributed by atoms with van der Waals surface area (Å²) in [5.41, 5.74) is 5.57. The molecule has 0 aromatic carbocycles. The van der Waals surface area contributed by atoms with Gasteiger partial charge in [-0.2, -0.15) is 13.2 Å². The number of nitrogens with two attached hydrogens (primary N) is 1. The average Bonchev–Trinajstić information content (AvgIpc) is 2.26. The molecule has 102 valence electrons. The zero-order chi connectivity index (χ0) is 13.8. The topological polar surface area (TPSA) is 55.0 Å². The van der Waals surface area contributed by atoms with E-state index in [-0.39, 0.29) is 18.2 Å². The van der Waals surface area contributed by atoms with E-state index >= 15 is 0 Å². The molecule has 18 heavy (non-hydrogen) atoms. The standard InChI is InChI=1S/C11H17F3N4/c1-3-5-18(7-11(12,13)14)10-6-8(15)16-9(4-2)17-10/h6H,3-5,7H2,1-2H3,(H2,15,16,17). The molecule has 1 aromatic rings. The van der Waals surface area contributed by atoms with E-state index in [9.17, 15) is 13.2 Å². The Bertz CT molecular complexity index is 392. The highest BCUT2D eigenvalue weighted by atomic mass is 19.4. The fraction of sp³-hybridized carbons (Fsp3) is 0.636. The van der Waals surface area contributed by atoms with Gasteiger partial charge in [0.15, 0.2) is 0 Å². The molecule has 0 amide bonds. The number of halogens is 3. The normalized spacial score (nSPS) is 11.6. The molecule has 1 aromatic heterocycles. The number of hydrogen-bond acceptors (Lipinski definition) is 4. The summed E-state index contributed by atoms with van der Waals surface area (Å²) < 4.78 is 37.4. The van der Waals surface area contributed by atoms with Gasteiger partial charge in [-0.1, -0.05) is 13.8 Å². The lowest BCUT2D eigenvalue weighted by Gasteiger charge is -2.24. The lowest BCUT2D eigenvalue weighted by atomic mass is 10.3. The van der Waals surface area contributed by atoms with E-state index in [1.807, 2.05) is 13.8 Å². The molecule has 2 N–H and O–H groups in total. The molecule has 4 nitrogen and oxygen atoms in total. The molecule has 0 aliphatic rings. The minimum Gasteiger partial charge on any atom is -0.384 e. The lowest BCUT2D eigenvalue weighted by molar-refractivity contribution is -0.119. The molecule has 0 saturated heterocycles. The van der Waals surface area contributed by atoms with Crippen molar-refractivity contribution in [2.75, 3.05) is 23.7 Å². The molecule has 1 heterocycles. The maximum Gasteiger partial charge on any atom is 0.405 e. The Morgan fingerprint density at radius 1 is 1.28 bits per heavy atom. The second-order valence-corrected chi connectivity index (χ2v) is 3.96. The molecule has 0 unspecified atom stereocenters. The monoisotopic (exact) mass is 262 g/mol. The summed E-state index contributed by atoms with van der Waals surface area (Å²) in [6.45, 7) is 2.89. The van der Waals surface area contributed by atoms with Crippen molar-refractivity contribution in [3.8, 4) is 0 Å². The molecular formula is C11H17F3N4. The van der Waals surface area contributed by atoms with Gasteiger partial charge in [0.05, 0.1) is 0 Å². The van der Waals surface area contributed by atoms with E-state index in [1.54, 1.807) is 0 Å². The van der Waals surface area contributed by atoms with Crippen molar-refractivity contribution in [1.82, 2.24) is 9.97 Å². The van der Waals surface area contributed by atoms with Crippen LogP contribution in [0.15, 0.2) is 6.07 Å². The second-order valence-electron chi connectivity index (χ2n) is 3.96. The van der Waals surface area contributed by atoms with Crippen molar-refractivity contribution in [3.05, 3.63) is 11.9 Å². The van der Waals surface area contributed by atoms with Gasteiger partial charge in [0.2, 0.25) is 0 Å². The number of alkyl halides is 3. The van der Waals surface area contributed by atoms with Crippen molar-refractivity contribution in [1.29, 1.82) is 0 Å². The summed E-state index contributed by atoms with van der Waals surface area (Å²) >= 11 is 0. The first-order chi connectivity index (χ1) is 8.35. The SMILES string of the molecule is CCCN(CC(F)(F)F)c1cc(N)nc(CC)n1. The molecule has 0 bridgehead atoms. The summed E-state index contributed by atoms with van der Waals surface area (Å²) in [5.74, 6) is 0.881. The van der Waals surface area contributed by atoms with Crippen molar-refractivity contribution in [3.63, 3.8) is 0 Å². The zero-order valence-corrected chi connectivity index (χ0v) is 10.5. The Hall–Kier alpha value is -1.53. The number of hydrogen-bond donors (Lipinski definition) is 1. The lowest BCUT2D eigenvalue weighted by Crippen LogP contribution is -2.35. The van der Waals surface area contributed by atoms with Gasteiger partial charge in [-0.05, 0) is 6.42 Å². The van der Waals surface area contributed by atoms with Crippen LogP contribution in [0.25, 0.3) is 0 Å². The van der Waals surface area contributed by atoms with Crippen LogP contribution < -0.4 is 10.6 Å². The summed E-state index contributed by atoms with van der Waals surface area (Å²) in [5, 5.41) is 0. The van der Waals surface area contributed by atoms with E-state index in [0.717, 1.165) is 0 Å². The molecular weight excluding hydrogens is 245 g/mol. The highest BCUT2D eigenvalue weighted by Crippen LogP contribution is 2.22. The van der Waals surface area contributed by atoms with Gasteiger partial charge in [0.25, 0.3) is 0 Å².